The highest BCUT2D eigenvalue weighted by molar-refractivity contribution is 5.33. The molecule has 4 rings (SSSR count). The minimum atomic E-state index is -2.24. The van der Waals surface area contributed by atoms with Gasteiger partial charge < -0.3 is 55.3 Å². The van der Waals surface area contributed by atoms with Crippen LogP contribution in [0, 0.1) is 0 Å². The highest BCUT2D eigenvalue weighted by Gasteiger charge is 2.68. The molecule has 11 heteroatoms. The predicted octanol–water partition coefficient (Wildman–Crippen LogP) is -1.97. The van der Waals surface area contributed by atoms with Crippen molar-refractivity contribution < 1.29 is 39.4 Å². The normalized spacial score (nSPS) is 44.2. The molecule has 7 N–H and O–H groups in total. The zero-order valence-electron chi connectivity index (χ0n) is 20.0. The van der Waals surface area contributed by atoms with Crippen LogP contribution < -0.4 is 20.7 Å². The molecule has 1 aromatic carbocycles. The largest absolute Gasteiger partial charge is 0.496 e. The standard InChI is InChI=1S/C23H37N3O8/c1-12-9-22(29,11-26-10-13-7-5-6-8-14(13)31-4)23(30)21(32-12)33-20-18(28)15(24-2)17(27)16(25-3)19(20)34-23/h5-8,12,15-21,24-30H,9-11H2,1-4H3/t12-,15-,16+,17+,18+,19-,20-,21+,22-,23-/m1/s1. The first-order valence-corrected chi connectivity index (χ1v) is 11.7. The molecule has 0 bridgehead atoms. The molecule has 11 nitrogen and oxygen atoms in total. The maximum atomic E-state index is 11.7. The van der Waals surface area contributed by atoms with Gasteiger partial charge in [0.15, 0.2) is 0 Å². The number of nitrogens with one attached hydrogen (secondary N) is 3. The van der Waals surface area contributed by atoms with Crippen LogP contribution in [0.1, 0.15) is 18.9 Å². The maximum absolute atomic E-state index is 11.7. The third-order valence-corrected chi connectivity index (χ3v) is 7.27. The van der Waals surface area contributed by atoms with Crippen LogP contribution >= 0.6 is 0 Å². The number of likely N-dealkylation sites (N-methyl/N-ethyl adjacent to an activating group) is 2. The van der Waals surface area contributed by atoms with Crippen molar-refractivity contribution >= 4 is 0 Å². The molecule has 0 aromatic heterocycles. The van der Waals surface area contributed by atoms with Gasteiger partial charge in [-0.05, 0) is 27.1 Å². The van der Waals surface area contributed by atoms with Gasteiger partial charge in [-0.15, -0.1) is 0 Å². The molecule has 34 heavy (non-hydrogen) atoms. The number of ether oxygens (including phenoxy) is 4. The van der Waals surface area contributed by atoms with Crippen molar-refractivity contribution in [1.82, 2.24) is 16.0 Å². The summed E-state index contributed by atoms with van der Waals surface area (Å²) in [6.07, 6.45) is -5.72. The van der Waals surface area contributed by atoms with Gasteiger partial charge in [0.05, 0.1) is 31.4 Å². The van der Waals surface area contributed by atoms with E-state index in [0.717, 1.165) is 5.56 Å². The summed E-state index contributed by atoms with van der Waals surface area (Å²) in [7, 11) is 4.87. The van der Waals surface area contributed by atoms with Gasteiger partial charge in [-0.25, -0.2) is 0 Å². The topological polar surface area (TPSA) is 154 Å². The Balaban J connectivity index is 1.57. The zero-order valence-corrected chi connectivity index (χ0v) is 20.0. The van der Waals surface area contributed by atoms with Crippen LogP contribution in [0.25, 0.3) is 0 Å². The number of para-hydroxylation sites is 1. The Labute approximate surface area is 199 Å². The fourth-order valence-corrected chi connectivity index (χ4v) is 5.48. The van der Waals surface area contributed by atoms with Crippen molar-refractivity contribution in [2.75, 3.05) is 27.7 Å². The summed E-state index contributed by atoms with van der Waals surface area (Å²) >= 11 is 0. The lowest BCUT2D eigenvalue weighted by atomic mass is 9.77. The molecular weight excluding hydrogens is 446 g/mol. The van der Waals surface area contributed by atoms with E-state index in [1.807, 2.05) is 24.3 Å². The summed E-state index contributed by atoms with van der Waals surface area (Å²) in [6, 6.07) is 6.15. The highest BCUT2D eigenvalue weighted by Crippen LogP contribution is 2.46. The smallest absolute Gasteiger partial charge is 0.249 e. The first kappa shape index (κ1) is 25.7. The van der Waals surface area contributed by atoms with E-state index >= 15 is 0 Å². The van der Waals surface area contributed by atoms with Gasteiger partial charge in [0.1, 0.15) is 29.7 Å². The summed E-state index contributed by atoms with van der Waals surface area (Å²) in [6.45, 7) is 2.13. The van der Waals surface area contributed by atoms with E-state index < -0.39 is 60.3 Å². The Bertz CT molecular complexity index is 848. The first-order valence-electron chi connectivity index (χ1n) is 11.7. The van der Waals surface area contributed by atoms with Crippen LogP contribution in [0.3, 0.4) is 0 Å². The van der Waals surface area contributed by atoms with Gasteiger partial charge in [-0.1, -0.05) is 18.2 Å². The van der Waals surface area contributed by atoms with E-state index in [4.69, 9.17) is 18.9 Å². The molecule has 1 aliphatic carbocycles. The zero-order chi connectivity index (χ0) is 24.7. The maximum Gasteiger partial charge on any atom is 0.249 e. The minimum absolute atomic E-state index is 0.0268. The van der Waals surface area contributed by atoms with E-state index in [2.05, 4.69) is 16.0 Å². The fourth-order valence-electron chi connectivity index (χ4n) is 5.48. The van der Waals surface area contributed by atoms with Crippen LogP contribution in [0.15, 0.2) is 24.3 Å². The summed E-state index contributed by atoms with van der Waals surface area (Å²) in [5.74, 6) is -1.53. The highest BCUT2D eigenvalue weighted by atomic mass is 16.8. The molecule has 1 saturated carbocycles. The lowest BCUT2D eigenvalue weighted by Crippen LogP contribution is -2.81. The van der Waals surface area contributed by atoms with Crippen LogP contribution in [0.2, 0.25) is 0 Å². The molecule has 0 unspecified atom stereocenters. The lowest BCUT2D eigenvalue weighted by Gasteiger charge is -2.60. The Morgan fingerprint density at radius 3 is 2.41 bits per heavy atom. The quantitative estimate of drug-likeness (QED) is 0.231. The van der Waals surface area contributed by atoms with Gasteiger partial charge in [0.25, 0.3) is 0 Å². The van der Waals surface area contributed by atoms with Crippen LogP contribution in [0.5, 0.6) is 5.75 Å². The Morgan fingerprint density at radius 2 is 1.74 bits per heavy atom. The van der Waals surface area contributed by atoms with Gasteiger partial charge in [0.2, 0.25) is 12.1 Å². The fraction of sp³-hybridized carbons (Fsp3) is 0.739. The number of methoxy groups -OCH3 is 1. The molecule has 0 spiro atoms. The van der Waals surface area contributed by atoms with Crippen LogP contribution in [-0.2, 0) is 20.8 Å². The Kier molecular flexibility index (Phi) is 7.51. The molecule has 192 valence electrons. The first-order chi connectivity index (χ1) is 16.2. The van der Waals surface area contributed by atoms with Gasteiger partial charge in [-0.3, -0.25) is 0 Å². The summed E-state index contributed by atoms with van der Waals surface area (Å²) in [4.78, 5) is 0. The van der Waals surface area contributed by atoms with Gasteiger partial charge in [-0.2, -0.15) is 0 Å². The summed E-state index contributed by atoms with van der Waals surface area (Å²) in [5, 5.41) is 54.1. The van der Waals surface area contributed by atoms with Crippen molar-refractivity contribution in [3.05, 3.63) is 29.8 Å². The summed E-state index contributed by atoms with van der Waals surface area (Å²) in [5.41, 5.74) is -0.888. The predicted molar refractivity (Wildman–Crippen MR) is 121 cm³/mol. The molecule has 0 radical (unpaired) electrons. The minimum Gasteiger partial charge on any atom is -0.496 e. The van der Waals surface area contributed by atoms with Crippen LogP contribution in [0.4, 0.5) is 0 Å². The number of benzene rings is 1. The Morgan fingerprint density at radius 1 is 1.03 bits per heavy atom. The lowest BCUT2D eigenvalue weighted by molar-refractivity contribution is -0.482. The van der Waals surface area contributed by atoms with E-state index in [1.54, 1.807) is 28.1 Å². The average molecular weight is 484 g/mol. The van der Waals surface area contributed by atoms with Crippen molar-refractivity contribution in [1.29, 1.82) is 0 Å². The molecule has 2 aliphatic heterocycles. The molecular formula is C23H37N3O8. The number of fused-ring (bicyclic) bond motifs is 2. The van der Waals surface area contributed by atoms with E-state index in [0.29, 0.717) is 12.3 Å². The molecule has 3 fully saturated rings. The van der Waals surface area contributed by atoms with Crippen molar-refractivity contribution in [2.24, 2.45) is 0 Å². The molecule has 1 aromatic rings. The van der Waals surface area contributed by atoms with Crippen molar-refractivity contribution in [3.63, 3.8) is 0 Å². The molecule has 2 heterocycles. The van der Waals surface area contributed by atoms with E-state index in [9.17, 15) is 20.4 Å². The van der Waals surface area contributed by atoms with E-state index in [-0.39, 0.29) is 13.0 Å². The van der Waals surface area contributed by atoms with Gasteiger partial charge >= 0.3 is 0 Å². The second-order valence-corrected chi connectivity index (χ2v) is 9.42. The van der Waals surface area contributed by atoms with E-state index in [1.165, 1.54) is 0 Å². The second kappa shape index (κ2) is 9.94. The average Bonchev–Trinajstić information content (AvgIpc) is 2.80. The Hall–Kier alpha value is -1.38. The third-order valence-electron chi connectivity index (χ3n) is 7.27. The number of rotatable bonds is 7. The SMILES string of the molecule is CN[C@@H]1[C@H](O)[C@H](NC)[C@H]2O[C@]3(O)[C@H](O[C@@H]2[C@H]1O)O[C@H](C)C[C@@]3(O)CNCc1ccccc1OC. The number of aliphatic hydroxyl groups is 4. The molecule has 3 aliphatic rings. The second-order valence-electron chi connectivity index (χ2n) is 9.42. The van der Waals surface area contributed by atoms with Crippen molar-refractivity contribution in [2.45, 2.75) is 80.2 Å². The molecule has 10 atom stereocenters. The van der Waals surface area contributed by atoms with Gasteiger partial charge in [0, 0.05) is 25.1 Å². The molecule has 0 amide bonds. The monoisotopic (exact) mass is 483 g/mol. The van der Waals surface area contributed by atoms with Crippen LogP contribution in [-0.4, -0.2) is 108 Å². The number of hydrogen-bond acceptors (Lipinski definition) is 11. The number of hydrogen-bond donors (Lipinski definition) is 7. The number of aliphatic hydroxyl groups excluding tert-OH is 2. The van der Waals surface area contributed by atoms with Crippen molar-refractivity contribution in [3.8, 4) is 5.75 Å². The summed E-state index contributed by atoms with van der Waals surface area (Å²) < 4.78 is 23.4. The molecule has 2 saturated heterocycles. The third kappa shape index (κ3) is 4.24.